The molecule has 1 unspecified atom stereocenters. The fourth-order valence-corrected chi connectivity index (χ4v) is 2.62. The fourth-order valence-electron chi connectivity index (χ4n) is 0.971. The van der Waals surface area contributed by atoms with Crippen molar-refractivity contribution in [3.05, 3.63) is 33.2 Å². The van der Waals surface area contributed by atoms with Crippen LogP contribution in [0.1, 0.15) is 16.6 Å². The minimum atomic E-state index is -0.244. The minimum absolute atomic E-state index is 0.244. The fraction of sp³-hybridized carbons (Fsp3) is 0.143. The van der Waals surface area contributed by atoms with Gasteiger partial charge in [-0.05, 0) is 11.4 Å². The molecule has 0 saturated carbocycles. The highest BCUT2D eigenvalue weighted by Crippen LogP contribution is 2.30. The summed E-state index contributed by atoms with van der Waals surface area (Å²) in [4.78, 5) is 0.939. The van der Waals surface area contributed by atoms with Crippen LogP contribution >= 0.6 is 34.7 Å². The van der Waals surface area contributed by atoms with E-state index in [0.29, 0.717) is 5.02 Å². The van der Waals surface area contributed by atoms with Crippen molar-refractivity contribution in [2.75, 3.05) is 0 Å². The van der Waals surface area contributed by atoms with Crippen molar-refractivity contribution in [2.24, 2.45) is 5.73 Å². The normalized spacial score (nSPS) is 13.1. The lowest BCUT2D eigenvalue weighted by Gasteiger charge is -2.05. The molecule has 0 spiro atoms. The van der Waals surface area contributed by atoms with Crippen LogP contribution in [0.5, 0.6) is 0 Å². The first-order valence-corrected chi connectivity index (χ1v) is 5.54. The lowest BCUT2D eigenvalue weighted by molar-refractivity contribution is 0.864. The topological polar surface area (TPSA) is 51.8 Å². The van der Waals surface area contributed by atoms with Crippen molar-refractivity contribution in [1.82, 2.24) is 8.75 Å². The summed E-state index contributed by atoms with van der Waals surface area (Å²) in [5, 5.41) is 2.61. The van der Waals surface area contributed by atoms with E-state index < -0.39 is 0 Å². The molecule has 0 aliphatic carbocycles. The number of hydrogen-bond acceptors (Lipinski definition) is 5. The number of rotatable bonds is 2. The number of hydrogen-bond donors (Lipinski definition) is 1. The van der Waals surface area contributed by atoms with Crippen LogP contribution in [0.4, 0.5) is 0 Å². The van der Waals surface area contributed by atoms with Gasteiger partial charge in [0.2, 0.25) is 0 Å². The van der Waals surface area contributed by atoms with E-state index in [1.807, 2.05) is 11.4 Å². The van der Waals surface area contributed by atoms with Crippen LogP contribution in [0.15, 0.2) is 17.6 Å². The molecule has 0 aromatic carbocycles. The molecule has 2 N–H and O–H groups in total. The molecule has 68 valence electrons. The Bertz CT molecular complexity index is 384. The highest BCUT2D eigenvalue weighted by atomic mass is 35.5. The molecule has 0 radical (unpaired) electrons. The van der Waals surface area contributed by atoms with Gasteiger partial charge in [0.05, 0.1) is 34.7 Å². The second kappa shape index (κ2) is 3.71. The van der Waals surface area contributed by atoms with E-state index in [1.165, 1.54) is 11.3 Å². The average molecular weight is 232 g/mol. The largest absolute Gasteiger partial charge is 0.318 e. The van der Waals surface area contributed by atoms with Gasteiger partial charge >= 0.3 is 0 Å². The van der Waals surface area contributed by atoms with Gasteiger partial charge in [-0.25, -0.2) is 0 Å². The number of halogens is 1. The average Bonchev–Trinajstić information content (AvgIpc) is 2.72. The van der Waals surface area contributed by atoms with E-state index in [2.05, 4.69) is 8.75 Å². The van der Waals surface area contributed by atoms with Gasteiger partial charge in [0.25, 0.3) is 0 Å². The van der Waals surface area contributed by atoms with Crippen molar-refractivity contribution in [2.45, 2.75) is 6.04 Å². The van der Waals surface area contributed by atoms with Crippen molar-refractivity contribution in [1.29, 1.82) is 0 Å². The predicted molar refractivity (Wildman–Crippen MR) is 55.3 cm³/mol. The standard InChI is InChI=1S/C7H6ClN3S2/c8-4-1-2-12-7(4)6(9)5-3-10-13-11-5/h1-3,6H,9H2. The highest BCUT2D eigenvalue weighted by molar-refractivity contribution is 7.10. The number of aromatic nitrogens is 2. The third kappa shape index (κ3) is 1.73. The van der Waals surface area contributed by atoms with E-state index in [-0.39, 0.29) is 6.04 Å². The van der Waals surface area contributed by atoms with Crippen molar-refractivity contribution in [3.8, 4) is 0 Å². The van der Waals surface area contributed by atoms with E-state index in [0.717, 1.165) is 22.3 Å². The van der Waals surface area contributed by atoms with Crippen LogP contribution in [0.25, 0.3) is 0 Å². The van der Waals surface area contributed by atoms with E-state index in [1.54, 1.807) is 6.20 Å². The molecule has 0 amide bonds. The minimum Gasteiger partial charge on any atom is -0.318 e. The molecule has 1 atom stereocenters. The molecule has 0 aliphatic heterocycles. The van der Waals surface area contributed by atoms with Crippen molar-refractivity contribution in [3.63, 3.8) is 0 Å². The third-order valence-electron chi connectivity index (χ3n) is 1.62. The van der Waals surface area contributed by atoms with Crippen LogP contribution in [0.2, 0.25) is 5.02 Å². The maximum absolute atomic E-state index is 5.94. The van der Waals surface area contributed by atoms with Gasteiger partial charge in [-0.3, -0.25) is 0 Å². The monoisotopic (exact) mass is 231 g/mol. The predicted octanol–water partition coefficient (Wildman–Crippen LogP) is 2.30. The molecular formula is C7H6ClN3S2. The Hall–Kier alpha value is -0.490. The van der Waals surface area contributed by atoms with Gasteiger partial charge in [-0.1, -0.05) is 11.6 Å². The molecule has 0 aliphatic rings. The molecule has 2 aromatic rings. The summed E-state index contributed by atoms with van der Waals surface area (Å²) >= 11 is 8.63. The van der Waals surface area contributed by atoms with Crippen LogP contribution in [-0.4, -0.2) is 8.75 Å². The van der Waals surface area contributed by atoms with Crippen LogP contribution < -0.4 is 5.73 Å². The van der Waals surface area contributed by atoms with Crippen LogP contribution in [0.3, 0.4) is 0 Å². The second-order valence-electron chi connectivity index (χ2n) is 2.44. The van der Waals surface area contributed by atoms with Gasteiger partial charge in [-0.2, -0.15) is 8.75 Å². The van der Waals surface area contributed by atoms with Gasteiger partial charge in [0.1, 0.15) is 0 Å². The molecule has 2 aromatic heterocycles. The van der Waals surface area contributed by atoms with Crippen LogP contribution in [-0.2, 0) is 0 Å². The first-order chi connectivity index (χ1) is 6.29. The summed E-state index contributed by atoms with van der Waals surface area (Å²) in [5.41, 5.74) is 6.71. The molecule has 3 nitrogen and oxygen atoms in total. The van der Waals surface area contributed by atoms with E-state index in [9.17, 15) is 0 Å². The lowest BCUT2D eigenvalue weighted by Crippen LogP contribution is -2.10. The Balaban J connectivity index is 2.33. The first-order valence-electron chi connectivity index (χ1n) is 3.55. The number of nitrogens with two attached hydrogens (primary N) is 1. The molecule has 2 rings (SSSR count). The quantitative estimate of drug-likeness (QED) is 0.863. The zero-order valence-corrected chi connectivity index (χ0v) is 8.86. The van der Waals surface area contributed by atoms with Gasteiger partial charge in [0, 0.05) is 4.88 Å². The highest BCUT2D eigenvalue weighted by Gasteiger charge is 2.15. The van der Waals surface area contributed by atoms with Crippen molar-refractivity contribution >= 4 is 34.7 Å². The number of nitrogens with zero attached hydrogens (tertiary/aromatic N) is 2. The number of thiophene rings is 1. The summed E-state index contributed by atoms with van der Waals surface area (Å²) < 4.78 is 7.96. The lowest BCUT2D eigenvalue weighted by atomic mass is 10.2. The van der Waals surface area contributed by atoms with Gasteiger partial charge in [0.15, 0.2) is 0 Å². The Kier molecular flexibility index (Phi) is 2.59. The van der Waals surface area contributed by atoms with Crippen LogP contribution in [0, 0.1) is 0 Å². The maximum Gasteiger partial charge on any atom is 0.0964 e. The first kappa shape index (κ1) is 9.08. The zero-order valence-electron chi connectivity index (χ0n) is 6.48. The van der Waals surface area contributed by atoms with Crippen molar-refractivity contribution < 1.29 is 0 Å². The van der Waals surface area contributed by atoms with E-state index >= 15 is 0 Å². The SMILES string of the molecule is NC(c1cnsn1)c1sccc1Cl. The molecular weight excluding hydrogens is 226 g/mol. The summed E-state index contributed by atoms with van der Waals surface area (Å²) in [6, 6.07) is 1.59. The molecule has 0 saturated heterocycles. The Morgan fingerprint density at radius 1 is 1.54 bits per heavy atom. The Morgan fingerprint density at radius 2 is 2.38 bits per heavy atom. The summed E-state index contributed by atoms with van der Waals surface area (Å²) in [7, 11) is 0. The molecule has 2 heterocycles. The Morgan fingerprint density at radius 3 is 2.92 bits per heavy atom. The summed E-state index contributed by atoms with van der Waals surface area (Å²) in [5.74, 6) is 0. The zero-order chi connectivity index (χ0) is 9.26. The Labute approximate surface area is 88.5 Å². The van der Waals surface area contributed by atoms with Gasteiger partial charge in [-0.15, -0.1) is 11.3 Å². The smallest absolute Gasteiger partial charge is 0.0964 e. The summed E-state index contributed by atoms with van der Waals surface area (Å²) in [6.07, 6.45) is 1.67. The maximum atomic E-state index is 5.94. The third-order valence-corrected chi connectivity index (χ3v) is 3.56. The molecule has 0 bridgehead atoms. The van der Waals surface area contributed by atoms with E-state index in [4.69, 9.17) is 17.3 Å². The second-order valence-corrected chi connectivity index (χ2v) is 4.35. The van der Waals surface area contributed by atoms with Gasteiger partial charge < -0.3 is 5.73 Å². The molecule has 13 heavy (non-hydrogen) atoms. The molecule has 0 fully saturated rings. The molecule has 6 heteroatoms. The summed E-state index contributed by atoms with van der Waals surface area (Å²) in [6.45, 7) is 0.